The summed E-state index contributed by atoms with van der Waals surface area (Å²) in [4.78, 5) is 32.3. The van der Waals surface area contributed by atoms with Crippen molar-refractivity contribution >= 4 is 17.5 Å². The number of nitrogens with one attached hydrogen (secondary N) is 1. The molecule has 2 aliphatic heterocycles. The second-order valence-electron chi connectivity index (χ2n) is 9.21. The van der Waals surface area contributed by atoms with Crippen LogP contribution in [0.2, 0.25) is 0 Å². The molecule has 176 valence electrons. The van der Waals surface area contributed by atoms with Crippen LogP contribution in [0, 0.1) is 5.82 Å². The number of piperidine rings is 2. The SMILES string of the molecule is CN1CCC(N(C)C(=O)c2ccccc2N2CCC(NC(=O)c3cccc(F)c3)CC2)CC1. The van der Waals surface area contributed by atoms with Gasteiger partial charge in [-0.2, -0.15) is 0 Å². The van der Waals surface area contributed by atoms with E-state index in [0.29, 0.717) is 5.56 Å². The van der Waals surface area contributed by atoms with E-state index in [1.165, 1.54) is 12.1 Å². The van der Waals surface area contributed by atoms with Gasteiger partial charge in [-0.15, -0.1) is 0 Å². The van der Waals surface area contributed by atoms with Crippen LogP contribution in [0.1, 0.15) is 46.4 Å². The number of carbonyl (C=O) groups excluding carboxylic acids is 2. The molecule has 0 aliphatic carbocycles. The molecule has 2 aliphatic rings. The number of benzene rings is 2. The Labute approximate surface area is 195 Å². The minimum Gasteiger partial charge on any atom is -0.371 e. The number of para-hydroxylation sites is 1. The van der Waals surface area contributed by atoms with Gasteiger partial charge in [0.1, 0.15) is 5.82 Å². The fraction of sp³-hybridized carbons (Fsp3) is 0.462. The normalized spacial score (nSPS) is 18.2. The van der Waals surface area contributed by atoms with E-state index >= 15 is 0 Å². The fourth-order valence-corrected chi connectivity index (χ4v) is 4.83. The van der Waals surface area contributed by atoms with Gasteiger partial charge in [0.15, 0.2) is 0 Å². The van der Waals surface area contributed by atoms with Crippen LogP contribution in [0.25, 0.3) is 0 Å². The van der Waals surface area contributed by atoms with Gasteiger partial charge in [-0.1, -0.05) is 18.2 Å². The fourth-order valence-electron chi connectivity index (χ4n) is 4.83. The zero-order valence-corrected chi connectivity index (χ0v) is 19.5. The van der Waals surface area contributed by atoms with Crippen molar-refractivity contribution in [3.63, 3.8) is 0 Å². The van der Waals surface area contributed by atoms with Crippen molar-refractivity contribution in [2.75, 3.05) is 45.2 Å². The maximum absolute atomic E-state index is 13.4. The maximum atomic E-state index is 13.4. The standard InChI is InChI=1S/C26H33FN4O2/c1-29-14-12-22(13-15-29)30(2)26(33)23-8-3-4-9-24(23)31-16-10-21(11-17-31)28-25(32)19-6-5-7-20(27)18-19/h3-9,18,21-22H,10-17H2,1-2H3,(H,28,32). The summed E-state index contributed by atoms with van der Waals surface area (Å²) in [6.07, 6.45) is 3.54. The van der Waals surface area contributed by atoms with Crippen molar-refractivity contribution in [3.05, 3.63) is 65.5 Å². The van der Waals surface area contributed by atoms with Gasteiger partial charge >= 0.3 is 0 Å². The molecule has 2 aromatic rings. The number of hydrogen-bond acceptors (Lipinski definition) is 4. The zero-order valence-electron chi connectivity index (χ0n) is 19.5. The molecule has 4 rings (SSSR count). The lowest BCUT2D eigenvalue weighted by molar-refractivity contribution is 0.0660. The molecule has 0 bridgehead atoms. The Morgan fingerprint density at radius 3 is 2.36 bits per heavy atom. The maximum Gasteiger partial charge on any atom is 0.255 e. The number of amides is 2. The third kappa shape index (κ3) is 5.53. The summed E-state index contributed by atoms with van der Waals surface area (Å²) in [5.41, 5.74) is 2.03. The van der Waals surface area contributed by atoms with Crippen molar-refractivity contribution in [1.82, 2.24) is 15.1 Å². The highest BCUT2D eigenvalue weighted by Gasteiger charge is 2.28. The Hall–Kier alpha value is -2.93. The largest absolute Gasteiger partial charge is 0.371 e. The molecule has 0 saturated carbocycles. The van der Waals surface area contributed by atoms with E-state index in [2.05, 4.69) is 22.2 Å². The first-order chi connectivity index (χ1) is 15.9. The van der Waals surface area contributed by atoms with Crippen molar-refractivity contribution in [3.8, 4) is 0 Å². The highest BCUT2D eigenvalue weighted by atomic mass is 19.1. The van der Waals surface area contributed by atoms with E-state index in [-0.39, 0.29) is 23.9 Å². The van der Waals surface area contributed by atoms with Gasteiger partial charge in [0.05, 0.1) is 5.56 Å². The van der Waals surface area contributed by atoms with Crippen LogP contribution in [0.4, 0.5) is 10.1 Å². The number of anilines is 1. The number of hydrogen-bond donors (Lipinski definition) is 1. The molecular formula is C26H33FN4O2. The summed E-state index contributed by atoms with van der Waals surface area (Å²) >= 11 is 0. The number of rotatable bonds is 5. The molecule has 0 unspecified atom stereocenters. The van der Waals surface area contributed by atoms with Gasteiger partial charge in [0.2, 0.25) is 0 Å². The summed E-state index contributed by atoms with van der Waals surface area (Å²) in [5.74, 6) is -0.589. The summed E-state index contributed by atoms with van der Waals surface area (Å²) in [5, 5.41) is 3.03. The predicted octanol–water partition coefficient (Wildman–Crippen LogP) is 3.39. The van der Waals surface area contributed by atoms with Gasteiger partial charge in [-0.25, -0.2) is 4.39 Å². The molecule has 0 atom stereocenters. The Kier molecular flexibility index (Phi) is 7.28. The Morgan fingerprint density at radius 1 is 0.970 bits per heavy atom. The Bertz CT molecular complexity index is 982. The predicted molar refractivity (Wildman–Crippen MR) is 128 cm³/mol. The van der Waals surface area contributed by atoms with Crippen molar-refractivity contribution in [1.29, 1.82) is 0 Å². The highest BCUT2D eigenvalue weighted by molar-refractivity contribution is 6.00. The summed E-state index contributed by atoms with van der Waals surface area (Å²) < 4.78 is 13.4. The van der Waals surface area contributed by atoms with Crippen LogP contribution in [0.3, 0.4) is 0 Å². The van der Waals surface area contributed by atoms with E-state index in [0.717, 1.165) is 63.1 Å². The molecule has 6 nitrogen and oxygen atoms in total. The van der Waals surface area contributed by atoms with Crippen LogP contribution in [-0.4, -0.2) is 74.0 Å². The third-order valence-electron chi connectivity index (χ3n) is 6.95. The van der Waals surface area contributed by atoms with E-state index in [1.807, 2.05) is 36.2 Å². The summed E-state index contributed by atoms with van der Waals surface area (Å²) in [6, 6.07) is 13.9. The van der Waals surface area contributed by atoms with Crippen LogP contribution in [0.5, 0.6) is 0 Å². The molecule has 2 amide bonds. The van der Waals surface area contributed by atoms with Gasteiger partial charge in [0, 0.05) is 43.5 Å². The molecule has 7 heteroatoms. The van der Waals surface area contributed by atoms with Crippen LogP contribution in [-0.2, 0) is 0 Å². The second kappa shape index (κ2) is 10.3. The summed E-state index contributed by atoms with van der Waals surface area (Å²) in [7, 11) is 4.04. The minimum absolute atomic E-state index is 0.0294. The molecule has 0 aromatic heterocycles. The topological polar surface area (TPSA) is 55.9 Å². The van der Waals surface area contributed by atoms with E-state index in [4.69, 9.17) is 0 Å². The average molecular weight is 453 g/mol. The van der Waals surface area contributed by atoms with E-state index in [9.17, 15) is 14.0 Å². The minimum atomic E-state index is -0.413. The van der Waals surface area contributed by atoms with Gasteiger partial charge in [0.25, 0.3) is 11.8 Å². The second-order valence-corrected chi connectivity index (χ2v) is 9.21. The molecule has 0 radical (unpaired) electrons. The lowest BCUT2D eigenvalue weighted by atomic mass is 10.0. The van der Waals surface area contributed by atoms with Crippen LogP contribution < -0.4 is 10.2 Å². The number of nitrogens with zero attached hydrogens (tertiary/aromatic N) is 3. The monoisotopic (exact) mass is 452 g/mol. The van der Waals surface area contributed by atoms with Gasteiger partial charge in [-0.3, -0.25) is 9.59 Å². The highest BCUT2D eigenvalue weighted by Crippen LogP contribution is 2.27. The number of likely N-dealkylation sites (tertiary alicyclic amines) is 1. The molecular weight excluding hydrogens is 419 g/mol. The Morgan fingerprint density at radius 2 is 1.67 bits per heavy atom. The van der Waals surface area contributed by atoms with Crippen molar-refractivity contribution in [2.24, 2.45) is 0 Å². The first-order valence-electron chi connectivity index (χ1n) is 11.8. The first kappa shape index (κ1) is 23.2. The average Bonchev–Trinajstić information content (AvgIpc) is 2.84. The molecule has 33 heavy (non-hydrogen) atoms. The van der Waals surface area contributed by atoms with Crippen LogP contribution >= 0.6 is 0 Å². The molecule has 2 heterocycles. The summed E-state index contributed by atoms with van der Waals surface area (Å²) in [6.45, 7) is 3.52. The van der Waals surface area contributed by atoms with Crippen molar-refractivity contribution < 1.29 is 14.0 Å². The zero-order chi connectivity index (χ0) is 23.4. The lowest BCUT2D eigenvalue weighted by Gasteiger charge is -2.37. The quantitative estimate of drug-likeness (QED) is 0.756. The molecule has 1 N–H and O–H groups in total. The van der Waals surface area contributed by atoms with Gasteiger partial charge in [-0.05, 0) is 76.2 Å². The smallest absolute Gasteiger partial charge is 0.255 e. The third-order valence-corrected chi connectivity index (χ3v) is 6.95. The molecule has 2 fully saturated rings. The lowest BCUT2D eigenvalue weighted by Crippen LogP contribution is -2.46. The first-order valence-corrected chi connectivity index (χ1v) is 11.8. The molecule has 2 aromatic carbocycles. The van der Waals surface area contributed by atoms with Crippen molar-refractivity contribution in [2.45, 2.75) is 37.8 Å². The number of carbonyl (C=O) groups is 2. The Balaban J connectivity index is 1.38. The molecule has 2 saturated heterocycles. The van der Waals surface area contributed by atoms with E-state index < -0.39 is 5.82 Å². The number of halogens is 1. The van der Waals surface area contributed by atoms with E-state index in [1.54, 1.807) is 12.1 Å². The molecule has 0 spiro atoms. The van der Waals surface area contributed by atoms with Gasteiger partial charge < -0.3 is 20.0 Å². The van der Waals surface area contributed by atoms with Crippen LogP contribution in [0.15, 0.2) is 48.5 Å².